The van der Waals surface area contributed by atoms with Crippen LogP contribution in [0, 0.1) is 5.82 Å². The first-order valence-corrected chi connectivity index (χ1v) is 5.53. The standard InChI is InChI=1S/C12H15FN2O/c13-11-4-2-1-3-9(11)7-8-14-12(16)15-10-5-6-10/h1-4,10H,5-8H2,(H2,14,15,16). The first kappa shape index (κ1) is 10.9. The van der Waals surface area contributed by atoms with E-state index in [1.165, 1.54) is 6.07 Å². The average molecular weight is 222 g/mol. The van der Waals surface area contributed by atoms with Gasteiger partial charge in [-0.1, -0.05) is 18.2 Å². The summed E-state index contributed by atoms with van der Waals surface area (Å²) in [6.45, 7) is 0.458. The summed E-state index contributed by atoms with van der Waals surface area (Å²) in [5.41, 5.74) is 0.634. The van der Waals surface area contributed by atoms with E-state index in [1.807, 2.05) is 0 Å². The van der Waals surface area contributed by atoms with Crippen molar-refractivity contribution in [2.75, 3.05) is 6.54 Å². The van der Waals surface area contributed by atoms with Crippen LogP contribution < -0.4 is 10.6 Å². The van der Waals surface area contributed by atoms with Crippen molar-refractivity contribution in [2.45, 2.75) is 25.3 Å². The van der Waals surface area contributed by atoms with Crippen LogP contribution in [0.1, 0.15) is 18.4 Å². The SMILES string of the molecule is O=C(NCCc1ccccc1F)NC1CC1. The fourth-order valence-electron chi connectivity index (χ4n) is 1.48. The Kier molecular flexibility index (Phi) is 3.39. The van der Waals surface area contributed by atoms with E-state index in [1.54, 1.807) is 18.2 Å². The van der Waals surface area contributed by atoms with Gasteiger partial charge in [0, 0.05) is 12.6 Å². The summed E-state index contributed by atoms with van der Waals surface area (Å²) < 4.78 is 13.2. The lowest BCUT2D eigenvalue weighted by Crippen LogP contribution is -2.37. The molecule has 0 aromatic heterocycles. The van der Waals surface area contributed by atoms with Crippen molar-refractivity contribution in [3.8, 4) is 0 Å². The Morgan fingerprint density at radius 3 is 2.81 bits per heavy atom. The van der Waals surface area contributed by atoms with Gasteiger partial charge in [0.1, 0.15) is 5.82 Å². The molecule has 2 N–H and O–H groups in total. The van der Waals surface area contributed by atoms with E-state index in [2.05, 4.69) is 10.6 Å². The van der Waals surface area contributed by atoms with Gasteiger partial charge in [-0.05, 0) is 30.9 Å². The van der Waals surface area contributed by atoms with Crippen molar-refractivity contribution < 1.29 is 9.18 Å². The van der Waals surface area contributed by atoms with Crippen LogP contribution in [0.15, 0.2) is 24.3 Å². The number of hydrogen-bond acceptors (Lipinski definition) is 1. The van der Waals surface area contributed by atoms with E-state index in [-0.39, 0.29) is 11.8 Å². The van der Waals surface area contributed by atoms with Crippen LogP contribution in [0.2, 0.25) is 0 Å². The van der Waals surface area contributed by atoms with Crippen LogP contribution in [0.3, 0.4) is 0 Å². The van der Waals surface area contributed by atoms with Crippen molar-refractivity contribution in [3.05, 3.63) is 35.6 Å². The van der Waals surface area contributed by atoms with Crippen molar-refractivity contribution in [1.82, 2.24) is 10.6 Å². The lowest BCUT2D eigenvalue weighted by Gasteiger charge is -2.06. The summed E-state index contributed by atoms with van der Waals surface area (Å²) >= 11 is 0. The van der Waals surface area contributed by atoms with Gasteiger partial charge in [0.2, 0.25) is 0 Å². The second-order valence-corrected chi connectivity index (χ2v) is 4.02. The summed E-state index contributed by atoms with van der Waals surface area (Å²) in [5.74, 6) is -0.216. The van der Waals surface area contributed by atoms with Gasteiger partial charge in [-0.25, -0.2) is 9.18 Å². The molecule has 1 saturated carbocycles. The fourth-order valence-corrected chi connectivity index (χ4v) is 1.48. The number of urea groups is 1. The highest BCUT2D eigenvalue weighted by Gasteiger charge is 2.22. The molecule has 2 rings (SSSR count). The highest BCUT2D eigenvalue weighted by atomic mass is 19.1. The molecule has 0 spiro atoms. The Hall–Kier alpha value is -1.58. The second-order valence-electron chi connectivity index (χ2n) is 4.02. The average Bonchev–Trinajstić information content (AvgIpc) is 3.05. The largest absolute Gasteiger partial charge is 0.338 e. The fraction of sp³-hybridized carbons (Fsp3) is 0.417. The summed E-state index contributed by atoms with van der Waals surface area (Å²) in [4.78, 5) is 11.3. The van der Waals surface area contributed by atoms with Crippen LogP contribution in [0.4, 0.5) is 9.18 Å². The van der Waals surface area contributed by atoms with Crippen LogP contribution in [0.25, 0.3) is 0 Å². The maximum Gasteiger partial charge on any atom is 0.315 e. The third-order valence-electron chi connectivity index (χ3n) is 2.55. The number of rotatable bonds is 4. The number of carbonyl (C=O) groups is 1. The molecule has 0 unspecified atom stereocenters. The van der Waals surface area contributed by atoms with E-state index in [9.17, 15) is 9.18 Å². The summed E-state index contributed by atoms with van der Waals surface area (Å²) in [6.07, 6.45) is 2.66. The molecule has 16 heavy (non-hydrogen) atoms. The molecule has 2 amide bonds. The second kappa shape index (κ2) is 4.96. The predicted molar refractivity (Wildman–Crippen MR) is 59.7 cm³/mol. The highest BCUT2D eigenvalue weighted by Crippen LogP contribution is 2.18. The molecule has 1 aliphatic rings. The van der Waals surface area contributed by atoms with Crippen LogP contribution >= 0.6 is 0 Å². The Morgan fingerprint density at radius 2 is 2.12 bits per heavy atom. The maximum absolute atomic E-state index is 13.2. The third-order valence-corrected chi connectivity index (χ3v) is 2.55. The van der Waals surface area contributed by atoms with Crippen LogP contribution in [-0.2, 0) is 6.42 Å². The third kappa shape index (κ3) is 3.22. The number of nitrogens with one attached hydrogen (secondary N) is 2. The minimum atomic E-state index is -0.216. The van der Waals surface area contributed by atoms with Crippen molar-refractivity contribution in [3.63, 3.8) is 0 Å². The van der Waals surface area contributed by atoms with E-state index in [4.69, 9.17) is 0 Å². The summed E-state index contributed by atoms with van der Waals surface area (Å²) in [6, 6.07) is 6.82. The summed E-state index contributed by atoms with van der Waals surface area (Å²) in [5, 5.41) is 5.52. The van der Waals surface area contributed by atoms with Crippen molar-refractivity contribution in [1.29, 1.82) is 0 Å². The zero-order chi connectivity index (χ0) is 11.4. The maximum atomic E-state index is 13.2. The molecule has 1 aliphatic carbocycles. The highest BCUT2D eigenvalue weighted by molar-refractivity contribution is 5.74. The molecule has 4 heteroatoms. The monoisotopic (exact) mass is 222 g/mol. The Bertz CT molecular complexity index is 377. The number of carbonyl (C=O) groups excluding carboxylic acids is 1. The van der Waals surface area contributed by atoms with Crippen molar-refractivity contribution >= 4 is 6.03 Å². The number of amides is 2. The molecule has 86 valence electrons. The van der Waals surface area contributed by atoms with Gasteiger partial charge >= 0.3 is 6.03 Å². The zero-order valence-electron chi connectivity index (χ0n) is 9.00. The van der Waals surface area contributed by atoms with Crippen LogP contribution in [0.5, 0.6) is 0 Å². The molecule has 1 aromatic carbocycles. The normalized spacial score (nSPS) is 14.6. The van der Waals surface area contributed by atoms with Gasteiger partial charge in [0.25, 0.3) is 0 Å². The van der Waals surface area contributed by atoms with Gasteiger partial charge in [0.15, 0.2) is 0 Å². The topological polar surface area (TPSA) is 41.1 Å². The first-order chi connectivity index (χ1) is 7.75. The number of hydrogen-bond donors (Lipinski definition) is 2. The molecular weight excluding hydrogens is 207 g/mol. The molecule has 0 aliphatic heterocycles. The van der Waals surface area contributed by atoms with E-state index in [0.29, 0.717) is 24.6 Å². The Morgan fingerprint density at radius 1 is 1.38 bits per heavy atom. The Labute approximate surface area is 94.0 Å². The van der Waals surface area contributed by atoms with Crippen LogP contribution in [-0.4, -0.2) is 18.6 Å². The predicted octanol–water partition coefficient (Wildman–Crippen LogP) is 1.83. The molecule has 1 fully saturated rings. The molecule has 0 saturated heterocycles. The molecule has 1 aromatic rings. The minimum Gasteiger partial charge on any atom is -0.338 e. The van der Waals surface area contributed by atoms with E-state index >= 15 is 0 Å². The molecule has 0 radical (unpaired) electrons. The zero-order valence-corrected chi connectivity index (χ0v) is 9.00. The van der Waals surface area contributed by atoms with Crippen molar-refractivity contribution in [2.24, 2.45) is 0 Å². The van der Waals surface area contributed by atoms with Gasteiger partial charge in [0.05, 0.1) is 0 Å². The lowest BCUT2D eigenvalue weighted by molar-refractivity contribution is 0.240. The molecule has 0 bridgehead atoms. The van der Waals surface area contributed by atoms with Gasteiger partial charge in [-0.3, -0.25) is 0 Å². The quantitative estimate of drug-likeness (QED) is 0.801. The minimum absolute atomic E-state index is 0.154. The smallest absolute Gasteiger partial charge is 0.315 e. The van der Waals surface area contributed by atoms with Gasteiger partial charge < -0.3 is 10.6 Å². The number of benzene rings is 1. The van der Waals surface area contributed by atoms with E-state index in [0.717, 1.165) is 12.8 Å². The van der Waals surface area contributed by atoms with E-state index < -0.39 is 0 Å². The molecular formula is C12H15FN2O. The number of halogens is 1. The Balaban J connectivity index is 1.70. The summed E-state index contributed by atoms with van der Waals surface area (Å²) in [7, 11) is 0. The molecule has 3 nitrogen and oxygen atoms in total. The molecule has 0 heterocycles. The lowest BCUT2D eigenvalue weighted by atomic mass is 10.1. The first-order valence-electron chi connectivity index (χ1n) is 5.53. The van der Waals surface area contributed by atoms with Gasteiger partial charge in [-0.2, -0.15) is 0 Å². The molecule has 0 atom stereocenters. The van der Waals surface area contributed by atoms with Gasteiger partial charge in [-0.15, -0.1) is 0 Å².